The van der Waals surface area contributed by atoms with Crippen LogP contribution in [0.15, 0.2) is 36.4 Å². The smallest absolute Gasteiger partial charge is 0.195 e. The van der Waals surface area contributed by atoms with Gasteiger partial charge in [0.1, 0.15) is 0 Å². The summed E-state index contributed by atoms with van der Waals surface area (Å²) in [4.78, 5) is 19.3. The highest BCUT2D eigenvalue weighted by Crippen LogP contribution is 2.44. The summed E-state index contributed by atoms with van der Waals surface area (Å²) in [7, 11) is 0. The van der Waals surface area contributed by atoms with Crippen LogP contribution < -0.4 is 10.6 Å². The van der Waals surface area contributed by atoms with Gasteiger partial charge >= 0.3 is 0 Å². The minimum Gasteiger partial charge on any atom is -0.399 e. The summed E-state index contributed by atoms with van der Waals surface area (Å²) in [5, 5.41) is 0.963. The number of aromatic nitrogens is 1. The Morgan fingerprint density at radius 2 is 1.85 bits per heavy atom. The van der Waals surface area contributed by atoms with E-state index in [-0.39, 0.29) is 11.2 Å². The molecule has 5 rings (SSSR count). The standard InChI is InChI=1S/C22H23N3O/c1-22(2)17-8-6-14(25-9-3-4-10-25)12-16(17)20(26)19-15-7-5-13(23)11-18(15)24-21(19)22/h5-8,11-12,24H,3-4,9-10,23H2,1-2H3. The van der Waals surface area contributed by atoms with E-state index in [1.807, 2.05) is 18.2 Å². The van der Waals surface area contributed by atoms with Gasteiger partial charge in [-0.15, -0.1) is 0 Å². The molecule has 1 aliphatic carbocycles. The number of ketones is 1. The largest absolute Gasteiger partial charge is 0.399 e. The molecule has 2 heterocycles. The summed E-state index contributed by atoms with van der Waals surface area (Å²) < 4.78 is 0. The fraction of sp³-hybridized carbons (Fsp3) is 0.318. The molecule has 4 nitrogen and oxygen atoms in total. The molecule has 132 valence electrons. The zero-order valence-corrected chi connectivity index (χ0v) is 15.2. The molecule has 0 saturated carbocycles. The molecule has 0 amide bonds. The summed E-state index contributed by atoms with van der Waals surface area (Å²) in [5.74, 6) is 0.117. The molecular formula is C22H23N3O. The van der Waals surface area contributed by atoms with E-state index in [0.29, 0.717) is 5.69 Å². The highest BCUT2D eigenvalue weighted by molar-refractivity contribution is 6.20. The monoisotopic (exact) mass is 345 g/mol. The number of benzene rings is 2. The Balaban J connectivity index is 1.74. The maximum atomic E-state index is 13.5. The fourth-order valence-corrected chi connectivity index (χ4v) is 4.63. The lowest BCUT2D eigenvalue weighted by Gasteiger charge is -2.33. The lowest BCUT2D eigenvalue weighted by molar-refractivity contribution is 0.103. The number of anilines is 2. The highest BCUT2D eigenvalue weighted by atomic mass is 16.1. The van der Waals surface area contributed by atoms with Gasteiger partial charge in [-0.25, -0.2) is 0 Å². The minimum absolute atomic E-state index is 0.117. The van der Waals surface area contributed by atoms with Gasteiger partial charge in [-0.2, -0.15) is 0 Å². The average Bonchev–Trinajstić information content (AvgIpc) is 3.27. The van der Waals surface area contributed by atoms with E-state index in [1.165, 1.54) is 12.8 Å². The quantitative estimate of drug-likeness (QED) is 0.649. The number of nitrogens with one attached hydrogen (secondary N) is 1. The van der Waals surface area contributed by atoms with Crippen molar-refractivity contribution in [2.75, 3.05) is 23.7 Å². The van der Waals surface area contributed by atoms with E-state index in [1.54, 1.807) is 0 Å². The lowest BCUT2D eigenvalue weighted by Crippen LogP contribution is -2.30. The second kappa shape index (κ2) is 5.13. The Kier molecular flexibility index (Phi) is 3.06. The summed E-state index contributed by atoms with van der Waals surface area (Å²) in [6.45, 7) is 6.53. The van der Waals surface area contributed by atoms with Crippen LogP contribution in [0.5, 0.6) is 0 Å². The number of nitrogens with two attached hydrogens (primary N) is 1. The van der Waals surface area contributed by atoms with Crippen LogP contribution in [0.1, 0.15) is 53.9 Å². The van der Waals surface area contributed by atoms with Crippen molar-refractivity contribution < 1.29 is 4.79 Å². The second-order valence-corrected chi connectivity index (χ2v) is 8.06. The van der Waals surface area contributed by atoms with Crippen LogP contribution >= 0.6 is 0 Å². The number of nitrogen functional groups attached to an aromatic ring is 1. The molecule has 1 aromatic heterocycles. The fourth-order valence-electron chi connectivity index (χ4n) is 4.63. The molecule has 0 atom stereocenters. The Morgan fingerprint density at radius 1 is 1.08 bits per heavy atom. The van der Waals surface area contributed by atoms with E-state index < -0.39 is 0 Å². The van der Waals surface area contributed by atoms with Crippen LogP contribution in [0.3, 0.4) is 0 Å². The van der Waals surface area contributed by atoms with Crippen molar-refractivity contribution in [3.8, 4) is 0 Å². The topological polar surface area (TPSA) is 62.1 Å². The number of carbonyl (C=O) groups is 1. The summed E-state index contributed by atoms with van der Waals surface area (Å²) in [5.41, 5.74) is 12.2. The lowest BCUT2D eigenvalue weighted by atomic mass is 9.71. The Morgan fingerprint density at radius 3 is 2.62 bits per heavy atom. The zero-order chi connectivity index (χ0) is 18.1. The van der Waals surface area contributed by atoms with Gasteiger partial charge in [0.05, 0.1) is 5.56 Å². The summed E-state index contributed by atoms with van der Waals surface area (Å²) >= 11 is 0. The molecule has 1 saturated heterocycles. The summed E-state index contributed by atoms with van der Waals surface area (Å²) in [6.07, 6.45) is 2.45. The van der Waals surface area contributed by atoms with Crippen LogP contribution in [0.2, 0.25) is 0 Å². The third-order valence-corrected chi connectivity index (χ3v) is 6.07. The number of nitrogens with zero attached hydrogens (tertiary/aromatic N) is 1. The maximum Gasteiger partial charge on any atom is 0.195 e. The highest BCUT2D eigenvalue weighted by Gasteiger charge is 2.39. The molecule has 26 heavy (non-hydrogen) atoms. The molecular weight excluding hydrogens is 322 g/mol. The van der Waals surface area contributed by atoms with Crippen LogP contribution in [-0.4, -0.2) is 23.9 Å². The molecule has 4 heteroatoms. The molecule has 3 aromatic rings. The van der Waals surface area contributed by atoms with E-state index in [2.05, 4.69) is 41.9 Å². The number of hydrogen-bond acceptors (Lipinski definition) is 3. The minimum atomic E-state index is -0.254. The predicted octanol–water partition coefficient (Wildman–Crippen LogP) is 4.22. The van der Waals surface area contributed by atoms with Gasteiger partial charge in [0.25, 0.3) is 0 Å². The number of H-pyrrole nitrogens is 1. The normalized spacial score (nSPS) is 18.2. The zero-order valence-electron chi connectivity index (χ0n) is 15.2. The first-order valence-corrected chi connectivity index (χ1v) is 9.32. The first-order chi connectivity index (χ1) is 12.5. The van der Waals surface area contributed by atoms with Crippen LogP contribution in [0.25, 0.3) is 10.9 Å². The SMILES string of the molecule is CC1(C)c2ccc(N3CCCC3)cc2C(=O)c2c1[nH]c1cc(N)ccc21. The molecule has 2 aromatic carbocycles. The third-order valence-electron chi connectivity index (χ3n) is 6.07. The van der Waals surface area contributed by atoms with Crippen LogP contribution in [-0.2, 0) is 5.41 Å². The predicted molar refractivity (Wildman–Crippen MR) is 106 cm³/mol. The number of hydrogen-bond donors (Lipinski definition) is 2. The van der Waals surface area contributed by atoms with Gasteiger partial charge in [-0.1, -0.05) is 26.0 Å². The molecule has 3 N–H and O–H groups in total. The van der Waals surface area contributed by atoms with E-state index in [9.17, 15) is 4.79 Å². The van der Waals surface area contributed by atoms with Crippen molar-refractivity contribution in [1.82, 2.24) is 4.98 Å². The molecule has 0 bridgehead atoms. The van der Waals surface area contributed by atoms with Crippen molar-refractivity contribution in [1.29, 1.82) is 0 Å². The molecule has 0 spiro atoms. The van der Waals surface area contributed by atoms with Gasteiger partial charge in [-0.3, -0.25) is 4.79 Å². The van der Waals surface area contributed by atoms with Gasteiger partial charge in [0, 0.05) is 52.0 Å². The third kappa shape index (κ3) is 1.99. The molecule has 2 aliphatic rings. The van der Waals surface area contributed by atoms with Gasteiger partial charge < -0.3 is 15.6 Å². The number of rotatable bonds is 1. The van der Waals surface area contributed by atoms with Crippen LogP contribution in [0.4, 0.5) is 11.4 Å². The van der Waals surface area contributed by atoms with E-state index >= 15 is 0 Å². The Labute approximate surface area is 153 Å². The first-order valence-electron chi connectivity index (χ1n) is 9.32. The van der Waals surface area contributed by atoms with Gasteiger partial charge in [-0.05, 0) is 42.7 Å². The maximum absolute atomic E-state index is 13.5. The molecule has 0 unspecified atom stereocenters. The Hall–Kier alpha value is -2.75. The molecule has 0 radical (unpaired) electrons. The average molecular weight is 345 g/mol. The molecule has 1 fully saturated rings. The number of aromatic amines is 1. The van der Waals surface area contributed by atoms with Crippen molar-refractivity contribution in [2.45, 2.75) is 32.1 Å². The molecule has 1 aliphatic heterocycles. The van der Waals surface area contributed by atoms with E-state index in [0.717, 1.165) is 52.1 Å². The van der Waals surface area contributed by atoms with Crippen molar-refractivity contribution in [2.24, 2.45) is 0 Å². The van der Waals surface area contributed by atoms with E-state index in [4.69, 9.17) is 5.73 Å². The van der Waals surface area contributed by atoms with Gasteiger partial charge in [0.15, 0.2) is 5.78 Å². The number of carbonyl (C=O) groups excluding carboxylic acids is 1. The van der Waals surface area contributed by atoms with Gasteiger partial charge in [0.2, 0.25) is 0 Å². The Bertz CT molecular complexity index is 1050. The summed E-state index contributed by atoms with van der Waals surface area (Å²) in [6, 6.07) is 12.2. The van der Waals surface area contributed by atoms with Crippen molar-refractivity contribution in [3.05, 3.63) is 58.8 Å². The second-order valence-electron chi connectivity index (χ2n) is 8.06. The number of fused-ring (bicyclic) bond motifs is 4. The first kappa shape index (κ1) is 15.5. The van der Waals surface area contributed by atoms with Crippen molar-refractivity contribution in [3.63, 3.8) is 0 Å². The van der Waals surface area contributed by atoms with Crippen LogP contribution in [0, 0.1) is 0 Å². The van der Waals surface area contributed by atoms with Crippen molar-refractivity contribution >= 4 is 28.1 Å².